The maximum atomic E-state index is 6.57. The fourth-order valence-electron chi connectivity index (χ4n) is 8.98. The van der Waals surface area contributed by atoms with E-state index in [9.17, 15) is 0 Å². The van der Waals surface area contributed by atoms with Crippen LogP contribution in [-0.2, 0) is 0 Å². The lowest BCUT2D eigenvalue weighted by Crippen LogP contribution is -2.10. The predicted octanol–water partition coefficient (Wildman–Crippen LogP) is 16.5. The molecule has 0 amide bonds. The highest BCUT2D eigenvalue weighted by Gasteiger charge is 2.25. The Bertz CT molecular complexity index is 3270. The first-order valence-corrected chi connectivity index (χ1v) is 20.5. The van der Waals surface area contributed by atoms with Crippen molar-refractivity contribution >= 4 is 49.8 Å². The molecule has 0 aliphatic carbocycles. The second kappa shape index (κ2) is 15.1. The third-order valence-electron chi connectivity index (χ3n) is 11.7. The highest BCUT2D eigenvalue weighted by atomic mass is 16.3. The molecule has 0 unspecified atom stereocenters. The van der Waals surface area contributed by atoms with Crippen LogP contribution in [0, 0.1) is 0 Å². The molecule has 11 aromatic rings. The van der Waals surface area contributed by atoms with Gasteiger partial charge in [0.2, 0.25) is 0 Å². The molecular weight excluding hydrogens is 727 g/mol. The molecule has 0 aliphatic heterocycles. The van der Waals surface area contributed by atoms with Gasteiger partial charge in [0.1, 0.15) is 5.58 Å². The van der Waals surface area contributed by atoms with Gasteiger partial charge in [-0.1, -0.05) is 194 Å². The second-order valence-electron chi connectivity index (χ2n) is 15.2. The second-order valence-corrected chi connectivity index (χ2v) is 15.2. The molecule has 0 saturated heterocycles. The van der Waals surface area contributed by atoms with Crippen molar-refractivity contribution in [2.45, 2.75) is 0 Å². The van der Waals surface area contributed by atoms with Crippen LogP contribution in [-0.4, -0.2) is 0 Å². The molecule has 2 heteroatoms. The van der Waals surface area contributed by atoms with Gasteiger partial charge >= 0.3 is 0 Å². The smallest absolute Gasteiger partial charge is 0.159 e. The van der Waals surface area contributed by atoms with Crippen molar-refractivity contribution in [3.05, 3.63) is 237 Å². The van der Waals surface area contributed by atoms with Crippen molar-refractivity contribution in [1.29, 1.82) is 0 Å². The van der Waals surface area contributed by atoms with E-state index in [-0.39, 0.29) is 0 Å². The quantitative estimate of drug-likeness (QED) is 0.153. The largest absolute Gasteiger partial charge is 0.454 e. The van der Waals surface area contributed by atoms with Crippen molar-refractivity contribution in [2.24, 2.45) is 0 Å². The van der Waals surface area contributed by atoms with E-state index < -0.39 is 0 Å². The van der Waals surface area contributed by atoms with Crippen LogP contribution in [0.1, 0.15) is 0 Å². The molecule has 0 aliphatic rings. The Hall–Kier alpha value is -7.94. The summed E-state index contributed by atoms with van der Waals surface area (Å²) in [6, 6.07) is 84.8. The van der Waals surface area contributed by atoms with Crippen LogP contribution in [0.25, 0.3) is 88.3 Å². The van der Waals surface area contributed by atoms with Crippen LogP contribution < -0.4 is 4.90 Å². The van der Waals surface area contributed by atoms with E-state index >= 15 is 0 Å². The van der Waals surface area contributed by atoms with Gasteiger partial charge in [-0.3, -0.25) is 0 Å². The number of hydrogen-bond acceptors (Lipinski definition) is 2. The first-order chi connectivity index (χ1) is 29.8. The zero-order valence-electron chi connectivity index (χ0n) is 32.9. The Labute approximate surface area is 349 Å². The Balaban J connectivity index is 1.14. The lowest BCUT2D eigenvalue weighted by Gasteiger charge is -2.26. The number of hydrogen-bond donors (Lipinski definition) is 0. The van der Waals surface area contributed by atoms with E-state index in [0.717, 1.165) is 50.1 Å². The van der Waals surface area contributed by atoms with Gasteiger partial charge in [0.15, 0.2) is 5.58 Å². The summed E-state index contributed by atoms with van der Waals surface area (Å²) in [5.41, 5.74) is 16.8. The molecule has 0 spiro atoms. The van der Waals surface area contributed by atoms with E-state index in [2.05, 4.69) is 229 Å². The minimum Gasteiger partial charge on any atom is -0.454 e. The van der Waals surface area contributed by atoms with Crippen molar-refractivity contribution in [3.8, 4) is 55.6 Å². The topological polar surface area (TPSA) is 16.4 Å². The Morgan fingerprint density at radius 3 is 1.30 bits per heavy atom. The summed E-state index contributed by atoms with van der Waals surface area (Å²) in [6.07, 6.45) is 0. The van der Waals surface area contributed by atoms with Crippen LogP contribution >= 0.6 is 0 Å². The number of benzene rings is 10. The summed E-state index contributed by atoms with van der Waals surface area (Å²) < 4.78 is 6.57. The van der Waals surface area contributed by atoms with Crippen LogP contribution in [0.15, 0.2) is 241 Å². The van der Waals surface area contributed by atoms with Crippen molar-refractivity contribution in [1.82, 2.24) is 0 Å². The van der Waals surface area contributed by atoms with Gasteiger partial charge < -0.3 is 9.32 Å². The van der Waals surface area contributed by atoms with Gasteiger partial charge in [-0.15, -0.1) is 0 Å². The first-order valence-electron chi connectivity index (χ1n) is 20.5. The van der Waals surface area contributed by atoms with E-state index in [1.807, 2.05) is 12.1 Å². The lowest BCUT2D eigenvalue weighted by atomic mass is 9.78. The highest BCUT2D eigenvalue weighted by molar-refractivity contribution is 6.19. The zero-order valence-corrected chi connectivity index (χ0v) is 32.9. The molecule has 2 nitrogen and oxygen atoms in total. The molecular formula is C58H39NO. The molecule has 1 heterocycles. The highest BCUT2D eigenvalue weighted by Crippen LogP contribution is 2.51. The fourth-order valence-corrected chi connectivity index (χ4v) is 8.98. The first kappa shape index (κ1) is 35.2. The van der Waals surface area contributed by atoms with Gasteiger partial charge in [-0.25, -0.2) is 0 Å². The third-order valence-corrected chi connectivity index (χ3v) is 11.7. The van der Waals surface area contributed by atoms with Crippen molar-refractivity contribution in [3.63, 3.8) is 0 Å². The molecule has 0 N–H and O–H groups in total. The van der Waals surface area contributed by atoms with Crippen LogP contribution in [0.4, 0.5) is 17.1 Å². The Morgan fingerprint density at radius 2 is 0.717 bits per heavy atom. The summed E-state index contributed by atoms with van der Waals surface area (Å²) in [4.78, 5) is 2.30. The van der Waals surface area contributed by atoms with E-state index in [1.54, 1.807) is 0 Å². The molecule has 1 aromatic heterocycles. The number of anilines is 3. The molecule has 0 fully saturated rings. The molecule has 0 bridgehead atoms. The van der Waals surface area contributed by atoms with E-state index in [0.29, 0.717) is 0 Å². The predicted molar refractivity (Wildman–Crippen MR) is 253 cm³/mol. The lowest BCUT2D eigenvalue weighted by molar-refractivity contribution is 0.669. The molecule has 10 aromatic carbocycles. The van der Waals surface area contributed by atoms with Gasteiger partial charge in [-0.2, -0.15) is 0 Å². The van der Waals surface area contributed by atoms with E-state index in [4.69, 9.17) is 4.42 Å². The molecule has 0 saturated carbocycles. The fraction of sp³-hybridized carbons (Fsp3) is 0. The summed E-state index contributed by atoms with van der Waals surface area (Å²) in [5.74, 6) is 0. The molecule has 282 valence electrons. The number of para-hydroxylation sites is 3. The number of rotatable bonds is 8. The van der Waals surface area contributed by atoms with Crippen LogP contribution in [0.3, 0.4) is 0 Å². The van der Waals surface area contributed by atoms with Crippen molar-refractivity contribution in [2.75, 3.05) is 4.90 Å². The van der Waals surface area contributed by atoms with Crippen LogP contribution in [0.5, 0.6) is 0 Å². The van der Waals surface area contributed by atoms with Gasteiger partial charge in [0.05, 0.1) is 5.69 Å². The summed E-state index contributed by atoms with van der Waals surface area (Å²) in [6.45, 7) is 0. The number of nitrogens with zero attached hydrogens (tertiary/aromatic N) is 1. The normalized spacial score (nSPS) is 11.3. The maximum absolute atomic E-state index is 6.57. The standard InChI is InChI=1S/C58H39NO/c1-6-19-41(20-7-1)54-49-38-35-45(39-51(49)55(42-21-8-2-9-22-42)57(44-25-12-4-13-26-44)56(54)43-23-10-3-11-24-43)40-33-36-47(37-34-40)59(46-27-14-5-15-28-46)52-31-18-30-50-48-29-16-17-32-53(48)60-58(50)52/h1-39H. The maximum Gasteiger partial charge on any atom is 0.159 e. The summed E-state index contributed by atoms with van der Waals surface area (Å²) >= 11 is 0. The van der Waals surface area contributed by atoms with E-state index in [1.165, 1.54) is 55.3 Å². The molecule has 11 rings (SSSR count). The number of furan rings is 1. The summed E-state index contributed by atoms with van der Waals surface area (Å²) in [5, 5.41) is 4.65. The van der Waals surface area contributed by atoms with Gasteiger partial charge in [0.25, 0.3) is 0 Å². The minimum absolute atomic E-state index is 0.868. The molecule has 0 radical (unpaired) electrons. The zero-order chi connectivity index (χ0) is 39.8. The van der Waals surface area contributed by atoms with Crippen molar-refractivity contribution < 1.29 is 4.42 Å². The molecule has 60 heavy (non-hydrogen) atoms. The number of fused-ring (bicyclic) bond motifs is 4. The average Bonchev–Trinajstić information content (AvgIpc) is 3.72. The molecule has 0 atom stereocenters. The van der Waals surface area contributed by atoms with Gasteiger partial charge in [-0.05, 0) is 109 Å². The minimum atomic E-state index is 0.868. The SMILES string of the molecule is c1ccc(-c2c(-c3ccccc3)c(-c3ccccc3)c3cc(-c4ccc(N(c5ccccc5)c5cccc6c5oc5ccccc56)cc4)ccc3c2-c2ccccc2)cc1. The third kappa shape index (κ3) is 6.14. The summed E-state index contributed by atoms with van der Waals surface area (Å²) in [7, 11) is 0. The Morgan fingerprint density at radius 1 is 0.267 bits per heavy atom. The van der Waals surface area contributed by atoms with Gasteiger partial charge in [0, 0.05) is 22.1 Å². The monoisotopic (exact) mass is 765 g/mol. The Kier molecular flexibility index (Phi) is 8.87. The van der Waals surface area contributed by atoms with Crippen LogP contribution in [0.2, 0.25) is 0 Å². The average molecular weight is 766 g/mol.